The first-order valence-corrected chi connectivity index (χ1v) is 6.15. The fourth-order valence-electron chi connectivity index (χ4n) is 1.79. The molecule has 0 unspecified atom stereocenters. The molecule has 18 heavy (non-hydrogen) atoms. The summed E-state index contributed by atoms with van der Waals surface area (Å²) < 4.78 is 10.3. The van der Waals surface area contributed by atoms with Gasteiger partial charge < -0.3 is 14.8 Å². The third-order valence-electron chi connectivity index (χ3n) is 2.74. The van der Waals surface area contributed by atoms with Crippen LogP contribution in [0.2, 0.25) is 0 Å². The van der Waals surface area contributed by atoms with Gasteiger partial charge in [0.15, 0.2) is 11.5 Å². The van der Waals surface area contributed by atoms with E-state index in [4.69, 9.17) is 9.47 Å². The molecule has 1 aromatic carbocycles. The highest BCUT2D eigenvalue weighted by Gasteiger charge is 2.12. The Morgan fingerprint density at radius 3 is 2.50 bits per heavy atom. The van der Waals surface area contributed by atoms with Crippen molar-refractivity contribution in [3.63, 3.8) is 0 Å². The van der Waals surface area contributed by atoms with Gasteiger partial charge >= 0.3 is 0 Å². The summed E-state index contributed by atoms with van der Waals surface area (Å²) in [6.07, 6.45) is 2.02. The maximum absolute atomic E-state index is 12.0. The topological polar surface area (TPSA) is 47.6 Å². The van der Waals surface area contributed by atoms with Crippen LogP contribution in [-0.2, 0) is 0 Å². The van der Waals surface area contributed by atoms with Crippen LogP contribution in [0, 0.1) is 0 Å². The van der Waals surface area contributed by atoms with Crippen LogP contribution < -0.4 is 14.8 Å². The molecule has 0 spiro atoms. The Kier molecular flexibility index (Phi) is 5.49. The molecule has 0 bridgehead atoms. The van der Waals surface area contributed by atoms with Gasteiger partial charge in [-0.3, -0.25) is 4.79 Å². The smallest absolute Gasteiger partial charge is 0.251 e. The number of rotatable bonds is 6. The third-order valence-corrected chi connectivity index (χ3v) is 2.74. The van der Waals surface area contributed by atoms with Crippen molar-refractivity contribution in [2.75, 3.05) is 14.2 Å². The molecule has 0 heterocycles. The number of hydrogen-bond donors (Lipinski definition) is 1. The molecule has 4 nitrogen and oxygen atoms in total. The van der Waals surface area contributed by atoms with Crippen molar-refractivity contribution in [2.45, 2.75) is 32.7 Å². The molecule has 0 saturated heterocycles. The van der Waals surface area contributed by atoms with Crippen LogP contribution in [0.15, 0.2) is 18.2 Å². The molecule has 100 valence electrons. The molecule has 0 saturated carbocycles. The van der Waals surface area contributed by atoms with E-state index in [-0.39, 0.29) is 11.9 Å². The van der Waals surface area contributed by atoms with E-state index in [2.05, 4.69) is 12.2 Å². The number of amides is 1. The summed E-state index contributed by atoms with van der Waals surface area (Å²) in [6, 6.07) is 5.33. The summed E-state index contributed by atoms with van der Waals surface area (Å²) in [5.74, 6) is 1.10. The Bertz CT molecular complexity index is 404. The summed E-state index contributed by atoms with van der Waals surface area (Å²) in [5, 5.41) is 2.95. The lowest BCUT2D eigenvalue weighted by Gasteiger charge is -2.14. The lowest BCUT2D eigenvalue weighted by atomic mass is 10.1. The van der Waals surface area contributed by atoms with Crippen LogP contribution >= 0.6 is 0 Å². The predicted octanol–water partition coefficient (Wildman–Crippen LogP) is 2.62. The molecule has 1 N–H and O–H groups in total. The van der Waals surface area contributed by atoms with Gasteiger partial charge in [-0.05, 0) is 31.5 Å². The normalized spacial score (nSPS) is 11.8. The van der Waals surface area contributed by atoms with Crippen LogP contribution in [0.1, 0.15) is 37.0 Å². The van der Waals surface area contributed by atoms with Gasteiger partial charge in [-0.15, -0.1) is 0 Å². The second-order valence-electron chi connectivity index (χ2n) is 4.23. The van der Waals surface area contributed by atoms with E-state index >= 15 is 0 Å². The molecule has 0 aromatic heterocycles. The van der Waals surface area contributed by atoms with Crippen molar-refractivity contribution in [2.24, 2.45) is 0 Å². The van der Waals surface area contributed by atoms with Crippen LogP contribution in [0.4, 0.5) is 0 Å². The fraction of sp³-hybridized carbons (Fsp3) is 0.500. The molecule has 4 heteroatoms. The predicted molar refractivity (Wildman–Crippen MR) is 71.4 cm³/mol. The van der Waals surface area contributed by atoms with Gasteiger partial charge in [0, 0.05) is 11.6 Å². The number of carbonyl (C=O) groups is 1. The van der Waals surface area contributed by atoms with Crippen LogP contribution in [0.5, 0.6) is 11.5 Å². The van der Waals surface area contributed by atoms with E-state index in [1.54, 1.807) is 32.4 Å². The Morgan fingerprint density at radius 2 is 1.94 bits per heavy atom. The second-order valence-corrected chi connectivity index (χ2v) is 4.23. The lowest BCUT2D eigenvalue weighted by Crippen LogP contribution is -2.32. The van der Waals surface area contributed by atoms with Crippen molar-refractivity contribution in [1.82, 2.24) is 5.32 Å². The van der Waals surface area contributed by atoms with Gasteiger partial charge in [0.2, 0.25) is 0 Å². The van der Waals surface area contributed by atoms with Crippen molar-refractivity contribution in [1.29, 1.82) is 0 Å². The summed E-state index contributed by atoms with van der Waals surface area (Å²) >= 11 is 0. The van der Waals surface area contributed by atoms with E-state index in [9.17, 15) is 4.79 Å². The highest BCUT2D eigenvalue weighted by Crippen LogP contribution is 2.27. The molecule has 1 atom stereocenters. The molecule has 0 radical (unpaired) electrons. The number of nitrogens with one attached hydrogen (secondary N) is 1. The van der Waals surface area contributed by atoms with Gasteiger partial charge in [0.05, 0.1) is 14.2 Å². The summed E-state index contributed by atoms with van der Waals surface area (Å²) in [6.45, 7) is 4.10. The average molecular weight is 251 g/mol. The number of methoxy groups -OCH3 is 2. The van der Waals surface area contributed by atoms with E-state index in [0.717, 1.165) is 12.8 Å². The van der Waals surface area contributed by atoms with Gasteiger partial charge in [-0.1, -0.05) is 13.3 Å². The maximum Gasteiger partial charge on any atom is 0.251 e. The lowest BCUT2D eigenvalue weighted by molar-refractivity contribution is 0.0938. The molecule has 1 rings (SSSR count). The van der Waals surface area contributed by atoms with Crippen molar-refractivity contribution < 1.29 is 14.3 Å². The van der Waals surface area contributed by atoms with Crippen molar-refractivity contribution in [3.05, 3.63) is 23.8 Å². The zero-order valence-corrected chi connectivity index (χ0v) is 11.4. The summed E-state index contributed by atoms with van der Waals surface area (Å²) in [5.41, 5.74) is 0.579. The highest BCUT2D eigenvalue weighted by molar-refractivity contribution is 5.95. The zero-order chi connectivity index (χ0) is 13.5. The van der Waals surface area contributed by atoms with Gasteiger partial charge in [0.1, 0.15) is 0 Å². The number of ether oxygens (including phenoxy) is 2. The first-order chi connectivity index (χ1) is 8.62. The Balaban J connectivity index is 2.80. The molecule has 1 amide bonds. The number of carbonyl (C=O) groups excluding carboxylic acids is 1. The quantitative estimate of drug-likeness (QED) is 0.845. The van der Waals surface area contributed by atoms with E-state index in [1.165, 1.54) is 0 Å². The minimum Gasteiger partial charge on any atom is -0.493 e. The number of benzene rings is 1. The minimum absolute atomic E-state index is 0.0862. The Labute approximate surface area is 108 Å². The molecule has 0 aliphatic heterocycles. The third kappa shape index (κ3) is 3.65. The molecule has 0 fully saturated rings. The van der Waals surface area contributed by atoms with Crippen LogP contribution in [0.3, 0.4) is 0 Å². The maximum atomic E-state index is 12.0. The SMILES string of the molecule is CCC[C@@H](C)NC(=O)c1ccc(OC)c(OC)c1. The van der Waals surface area contributed by atoms with E-state index < -0.39 is 0 Å². The number of hydrogen-bond acceptors (Lipinski definition) is 3. The van der Waals surface area contributed by atoms with Crippen LogP contribution in [0.25, 0.3) is 0 Å². The minimum atomic E-state index is -0.0862. The van der Waals surface area contributed by atoms with Crippen LogP contribution in [-0.4, -0.2) is 26.2 Å². The molecule has 0 aliphatic rings. The molecular formula is C14H21NO3. The first kappa shape index (κ1) is 14.4. The monoisotopic (exact) mass is 251 g/mol. The van der Waals surface area contributed by atoms with Gasteiger partial charge in [0.25, 0.3) is 5.91 Å². The summed E-state index contributed by atoms with van der Waals surface area (Å²) in [7, 11) is 3.13. The largest absolute Gasteiger partial charge is 0.493 e. The molecule has 0 aliphatic carbocycles. The zero-order valence-electron chi connectivity index (χ0n) is 11.4. The Morgan fingerprint density at radius 1 is 1.28 bits per heavy atom. The highest BCUT2D eigenvalue weighted by atomic mass is 16.5. The standard InChI is InChI=1S/C14H21NO3/c1-5-6-10(2)15-14(16)11-7-8-12(17-3)13(9-11)18-4/h7-10H,5-6H2,1-4H3,(H,15,16)/t10-/m1/s1. The van der Waals surface area contributed by atoms with E-state index in [0.29, 0.717) is 17.1 Å². The average Bonchev–Trinajstić information content (AvgIpc) is 2.38. The van der Waals surface area contributed by atoms with Crippen molar-refractivity contribution >= 4 is 5.91 Å². The van der Waals surface area contributed by atoms with Crippen molar-refractivity contribution in [3.8, 4) is 11.5 Å². The fourth-order valence-corrected chi connectivity index (χ4v) is 1.79. The van der Waals surface area contributed by atoms with Gasteiger partial charge in [-0.25, -0.2) is 0 Å². The van der Waals surface area contributed by atoms with Gasteiger partial charge in [-0.2, -0.15) is 0 Å². The van der Waals surface area contributed by atoms with E-state index in [1.807, 2.05) is 6.92 Å². The second kappa shape index (κ2) is 6.89. The molecular weight excluding hydrogens is 230 g/mol. The summed E-state index contributed by atoms with van der Waals surface area (Å²) in [4.78, 5) is 12.0. The molecule has 1 aromatic rings. The Hall–Kier alpha value is -1.71. The first-order valence-electron chi connectivity index (χ1n) is 6.15.